The topological polar surface area (TPSA) is 42.4 Å². The van der Waals surface area contributed by atoms with Crippen LogP contribution in [0.2, 0.25) is 0 Å². The Morgan fingerprint density at radius 2 is 1.92 bits per heavy atom. The van der Waals surface area contributed by atoms with Crippen molar-refractivity contribution < 1.29 is 8.95 Å². The molecule has 1 aromatic carbocycles. The van der Waals surface area contributed by atoms with Crippen LogP contribution in [0, 0.1) is 0 Å². The Morgan fingerprint density at radius 3 is 2.54 bits per heavy atom. The highest BCUT2D eigenvalue weighted by molar-refractivity contribution is 7.84. The third-order valence-corrected chi connectivity index (χ3v) is 6.46. The first-order chi connectivity index (χ1) is 11.3. The van der Waals surface area contributed by atoms with Gasteiger partial charge in [-0.05, 0) is 57.0 Å². The second kappa shape index (κ2) is 6.45. The van der Waals surface area contributed by atoms with Gasteiger partial charge in [-0.2, -0.15) is 0 Å². The lowest BCUT2D eigenvalue weighted by Crippen LogP contribution is -2.38. The summed E-state index contributed by atoms with van der Waals surface area (Å²) in [7, 11) is 2.58. The van der Waals surface area contributed by atoms with Gasteiger partial charge in [-0.25, -0.2) is 13.5 Å². The molecule has 24 heavy (non-hydrogen) atoms. The number of ether oxygens (including phenoxy) is 1. The highest BCUT2D eigenvalue weighted by Crippen LogP contribution is 2.41. The first-order valence-electron chi connectivity index (χ1n) is 8.45. The molecule has 3 rings (SSSR count). The molecule has 1 aliphatic rings. The summed E-state index contributed by atoms with van der Waals surface area (Å²) < 4.78 is 20.2. The number of aromatic nitrogens is 1. The van der Waals surface area contributed by atoms with Gasteiger partial charge >= 0.3 is 0 Å². The van der Waals surface area contributed by atoms with Gasteiger partial charge in [-0.3, -0.25) is 0 Å². The minimum Gasteiger partial charge on any atom is -0.481 e. The molecule has 130 valence electrons. The van der Waals surface area contributed by atoms with Crippen LogP contribution < -0.4 is 4.74 Å². The van der Waals surface area contributed by atoms with E-state index in [1.807, 2.05) is 44.3 Å². The minimum atomic E-state index is -1.06. The van der Waals surface area contributed by atoms with Crippen molar-refractivity contribution in [2.75, 3.05) is 14.2 Å². The minimum absolute atomic E-state index is 0.122. The normalized spacial score (nSPS) is 19.3. The Balaban J connectivity index is 2.17. The van der Waals surface area contributed by atoms with Crippen LogP contribution in [0.4, 0.5) is 0 Å². The van der Waals surface area contributed by atoms with Gasteiger partial charge in [0.2, 0.25) is 5.88 Å². The second-order valence-electron chi connectivity index (χ2n) is 7.34. The summed E-state index contributed by atoms with van der Waals surface area (Å²) in [4.78, 5) is 4.77. The lowest BCUT2D eigenvalue weighted by atomic mass is 9.87. The molecule has 1 heterocycles. The molecular formula is C19H26N2O2S. The Labute approximate surface area is 146 Å². The SMILES string of the molecule is COc1nc2c(c3ccccc13)C(N(C)[S@](=O)C(C)(C)C)CCC2. The maximum atomic E-state index is 12.9. The summed E-state index contributed by atoms with van der Waals surface area (Å²) in [6.07, 6.45) is 3.00. The lowest BCUT2D eigenvalue weighted by molar-refractivity contribution is 0.345. The molecule has 2 atom stereocenters. The standard InChI is InChI=1S/C19H26N2O2S/c1-19(2,3)24(22)21(4)16-12-8-11-15-17(16)13-9-6-7-10-14(13)18(20-15)23-5/h6-7,9-10,16H,8,11-12H2,1-5H3/t16?,24-/m1/s1. The number of methoxy groups -OCH3 is 1. The van der Waals surface area contributed by atoms with Crippen molar-refractivity contribution in [3.8, 4) is 5.88 Å². The summed E-state index contributed by atoms with van der Waals surface area (Å²) >= 11 is 0. The zero-order chi connectivity index (χ0) is 17.5. The van der Waals surface area contributed by atoms with Gasteiger partial charge in [0.15, 0.2) is 0 Å². The van der Waals surface area contributed by atoms with Crippen molar-refractivity contribution in [2.24, 2.45) is 0 Å². The number of nitrogens with zero attached hydrogens (tertiary/aromatic N) is 2. The van der Waals surface area contributed by atoms with Gasteiger partial charge in [0.05, 0.1) is 11.9 Å². The van der Waals surface area contributed by atoms with E-state index < -0.39 is 11.0 Å². The van der Waals surface area contributed by atoms with Crippen LogP contribution in [0.15, 0.2) is 24.3 Å². The molecule has 0 fully saturated rings. The number of aryl methyl sites for hydroxylation is 1. The van der Waals surface area contributed by atoms with Gasteiger partial charge in [-0.1, -0.05) is 18.2 Å². The fourth-order valence-corrected chi connectivity index (χ4v) is 4.85. The number of fused-ring (bicyclic) bond motifs is 3. The zero-order valence-electron chi connectivity index (χ0n) is 15.1. The largest absolute Gasteiger partial charge is 0.481 e. The van der Waals surface area contributed by atoms with E-state index in [1.165, 1.54) is 10.9 Å². The van der Waals surface area contributed by atoms with Gasteiger partial charge in [0.1, 0.15) is 11.0 Å². The van der Waals surface area contributed by atoms with Crippen molar-refractivity contribution in [1.82, 2.24) is 9.29 Å². The average Bonchev–Trinajstić information content (AvgIpc) is 2.58. The third-order valence-electron chi connectivity index (χ3n) is 4.64. The molecule has 1 aliphatic carbocycles. The summed E-state index contributed by atoms with van der Waals surface area (Å²) in [5.74, 6) is 0.685. The fourth-order valence-electron chi connectivity index (χ4n) is 3.54. The lowest BCUT2D eigenvalue weighted by Gasteiger charge is -2.36. The number of hydrogen-bond acceptors (Lipinski definition) is 3. The molecule has 4 nitrogen and oxygen atoms in total. The number of hydrogen-bond donors (Lipinski definition) is 0. The number of benzene rings is 1. The quantitative estimate of drug-likeness (QED) is 0.843. The highest BCUT2D eigenvalue weighted by atomic mass is 32.2. The van der Waals surface area contributed by atoms with E-state index in [0.717, 1.165) is 30.3 Å². The molecule has 0 spiro atoms. The Morgan fingerprint density at radius 1 is 1.25 bits per heavy atom. The van der Waals surface area contributed by atoms with E-state index in [0.29, 0.717) is 5.88 Å². The average molecular weight is 346 g/mol. The molecule has 0 radical (unpaired) electrons. The maximum Gasteiger partial charge on any atom is 0.221 e. The van der Waals surface area contributed by atoms with Crippen LogP contribution in [0.3, 0.4) is 0 Å². The van der Waals surface area contributed by atoms with Crippen molar-refractivity contribution in [1.29, 1.82) is 0 Å². The van der Waals surface area contributed by atoms with Crippen molar-refractivity contribution in [3.05, 3.63) is 35.5 Å². The number of rotatable bonds is 3. The summed E-state index contributed by atoms with van der Waals surface area (Å²) in [5.41, 5.74) is 2.30. The number of pyridine rings is 1. The van der Waals surface area contributed by atoms with Crippen LogP contribution in [-0.2, 0) is 17.4 Å². The molecule has 5 heteroatoms. The Hall–Kier alpha value is -1.46. The van der Waals surface area contributed by atoms with Gasteiger partial charge < -0.3 is 4.74 Å². The van der Waals surface area contributed by atoms with Gasteiger partial charge in [-0.15, -0.1) is 0 Å². The predicted octanol–water partition coefficient (Wildman–Crippen LogP) is 4.01. The van der Waals surface area contributed by atoms with E-state index in [1.54, 1.807) is 7.11 Å². The van der Waals surface area contributed by atoms with Crippen molar-refractivity contribution in [3.63, 3.8) is 0 Å². The van der Waals surface area contributed by atoms with Crippen LogP contribution in [0.5, 0.6) is 5.88 Å². The molecule has 0 N–H and O–H groups in total. The van der Waals surface area contributed by atoms with E-state index in [4.69, 9.17) is 9.72 Å². The third kappa shape index (κ3) is 2.95. The van der Waals surface area contributed by atoms with Crippen LogP contribution in [0.25, 0.3) is 10.8 Å². The second-order valence-corrected chi connectivity index (χ2v) is 9.64. The fraction of sp³-hybridized carbons (Fsp3) is 0.526. The first kappa shape index (κ1) is 17.4. The van der Waals surface area contributed by atoms with E-state index >= 15 is 0 Å². The monoisotopic (exact) mass is 346 g/mol. The van der Waals surface area contributed by atoms with Crippen molar-refractivity contribution in [2.45, 2.75) is 50.8 Å². The smallest absolute Gasteiger partial charge is 0.221 e. The summed E-state index contributed by atoms with van der Waals surface area (Å²) in [6.45, 7) is 6.06. The van der Waals surface area contributed by atoms with E-state index in [-0.39, 0.29) is 10.8 Å². The molecule has 2 aromatic rings. The molecule has 0 aliphatic heterocycles. The zero-order valence-corrected chi connectivity index (χ0v) is 15.9. The molecule has 0 saturated carbocycles. The molecule has 0 bridgehead atoms. The van der Waals surface area contributed by atoms with Crippen molar-refractivity contribution >= 4 is 21.8 Å². The highest BCUT2D eigenvalue weighted by Gasteiger charge is 2.34. The predicted molar refractivity (Wildman–Crippen MR) is 99.6 cm³/mol. The maximum absolute atomic E-state index is 12.9. The van der Waals surface area contributed by atoms with Gasteiger partial charge in [0, 0.05) is 24.2 Å². The van der Waals surface area contributed by atoms with E-state index in [9.17, 15) is 4.21 Å². The van der Waals surface area contributed by atoms with E-state index in [2.05, 4.69) is 12.1 Å². The molecule has 0 amide bonds. The Kier molecular flexibility index (Phi) is 4.67. The summed E-state index contributed by atoms with van der Waals surface area (Å²) in [5, 5.41) is 2.20. The van der Waals surface area contributed by atoms with Crippen LogP contribution in [-0.4, -0.2) is 32.4 Å². The summed E-state index contributed by atoms with van der Waals surface area (Å²) in [6, 6.07) is 8.36. The van der Waals surface area contributed by atoms with Crippen LogP contribution in [0.1, 0.15) is 50.9 Å². The van der Waals surface area contributed by atoms with Crippen LogP contribution >= 0.6 is 0 Å². The molecule has 0 saturated heterocycles. The molecule has 1 unspecified atom stereocenters. The Bertz CT molecular complexity index is 783. The first-order valence-corrected chi connectivity index (χ1v) is 9.55. The van der Waals surface area contributed by atoms with Gasteiger partial charge in [0.25, 0.3) is 0 Å². The molecular weight excluding hydrogens is 320 g/mol. The molecule has 1 aromatic heterocycles.